The van der Waals surface area contributed by atoms with E-state index in [0.29, 0.717) is 38.1 Å². The molecule has 0 radical (unpaired) electrons. The summed E-state index contributed by atoms with van der Waals surface area (Å²) in [6.45, 7) is 20.1. The van der Waals surface area contributed by atoms with E-state index in [1.54, 1.807) is 0 Å². The molecular formula is C32H49FO6. The van der Waals surface area contributed by atoms with Crippen LogP contribution in [0.25, 0.3) is 0 Å². The van der Waals surface area contributed by atoms with Crippen LogP contribution in [0.5, 0.6) is 11.5 Å². The van der Waals surface area contributed by atoms with Gasteiger partial charge in [0, 0.05) is 6.07 Å². The van der Waals surface area contributed by atoms with E-state index in [-0.39, 0.29) is 31.4 Å². The van der Waals surface area contributed by atoms with Crippen LogP contribution < -0.4 is 9.47 Å². The SMILES string of the molecule is C.CC(C)c1cc(F)cc(OCC2COC(C)(C)O2)c1.Cc1ccc(OCC2COC(C)(C)O2)c(C(C)C)c1. The summed E-state index contributed by atoms with van der Waals surface area (Å²) < 4.78 is 47.4. The lowest BCUT2D eigenvalue weighted by molar-refractivity contribution is -0.141. The quantitative estimate of drug-likeness (QED) is 0.336. The first-order chi connectivity index (χ1) is 17.7. The lowest BCUT2D eigenvalue weighted by atomic mass is 10.00. The van der Waals surface area contributed by atoms with Gasteiger partial charge >= 0.3 is 0 Å². The lowest BCUT2D eigenvalue weighted by Crippen LogP contribution is -2.25. The molecule has 0 bridgehead atoms. The van der Waals surface area contributed by atoms with E-state index in [2.05, 4.69) is 32.9 Å². The molecule has 220 valence electrons. The van der Waals surface area contributed by atoms with E-state index in [1.165, 1.54) is 23.3 Å². The maximum Gasteiger partial charge on any atom is 0.163 e. The molecule has 2 aromatic carbocycles. The van der Waals surface area contributed by atoms with Gasteiger partial charge in [-0.1, -0.05) is 52.8 Å². The number of halogens is 1. The predicted molar refractivity (Wildman–Crippen MR) is 153 cm³/mol. The Bertz CT molecular complexity index is 1050. The predicted octanol–water partition coefficient (Wildman–Crippen LogP) is 7.76. The molecule has 0 saturated carbocycles. The van der Waals surface area contributed by atoms with Crippen LogP contribution in [0.15, 0.2) is 36.4 Å². The van der Waals surface area contributed by atoms with Gasteiger partial charge in [-0.15, -0.1) is 0 Å². The second-order valence-corrected chi connectivity index (χ2v) is 11.6. The highest BCUT2D eigenvalue weighted by atomic mass is 19.1. The topological polar surface area (TPSA) is 55.4 Å². The average Bonchev–Trinajstić information content (AvgIpc) is 3.36. The molecule has 2 heterocycles. The van der Waals surface area contributed by atoms with E-state index in [4.69, 9.17) is 28.4 Å². The number of ether oxygens (including phenoxy) is 6. The molecule has 2 saturated heterocycles. The fraction of sp³-hybridized carbons (Fsp3) is 0.625. The summed E-state index contributed by atoms with van der Waals surface area (Å²) in [5.74, 6) is 0.896. The van der Waals surface area contributed by atoms with Crippen molar-refractivity contribution in [1.29, 1.82) is 0 Å². The smallest absolute Gasteiger partial charge is 0.163 e. The van der Waals surface area contributed by atoms with Gasteiger partial charge in [-0.3, -0.25) is 0 Å². The molecule has 2 fully saturated rings. The highest BCUT2D eigenvalue weighted by Crippen LogP contribution is 2.29. The molecule has 2 aromatic rings. The van der Waals surface area contributed by atoms with Crippen molar-refractivity contribution in [3.05, 3.63) is 58.9 Å². The van der Waals surface area contributed by atoms with Gasteiger partial charge in [0.2, 0.25) is 0 Å². The second kappa shape index (κ2) is 13.9. The zero-order chi connectivity index (χ0) is 28.1. The molecule has 2 unspecified atom stereocenters. The largest absolute Gasteiger partial charge is 0.491 e. The first-order valence-electron chi connectivity index (χ1n) is 13.5. The Balaban J connectivity index is 0.000000267. The van der Waals surface area contributed by atoms with Crippen molar-refractivity contribution in [2.75, 3.05) is 26.4 Å². The lowest BCUT2D eigenvalue weighted by Gasteiger charge is -2.19. The van der Waals surface area contributed by atoms with Crippen LogP contribution in [0.4, 0.5) is 4.39 Å². The molecule has 0 spiro atoms. The normalized spacial score (nSPS) is 21.3. The maximum atomic E-state index is 13.5. The third-order valence-electron chi connectivity index (χ3n) is 6.34. The van der Waals surface area contributed by atoms with Gasteiger partial charge in [0.05, 0.1) is 13.2 Å². The molecule has 7 heteroatoms. The fourth-order valence-electron chi connectivity index (χ4n) is 4.31. The van der Waals surface area contributed by atoms with Gasteiger partial charge in [-0.2, -0.15) is 0 Å². The number of aryl methyl sites for hydroxylation is 1. The van der Waals surface area contributed by atoms with Crippen LogP contribution >= 0.6 is 0 Å². The Hall–Kier alpha value is -2.19. The van der Waals surface area contributed by atoms with E-state index in [1.807, 2.05) is 53.7 Å². The molecule has 2 aliphatic rings. The zero-order valence-electron chi connectivity index (χ0n) is 24.4. The summed E-state index contributed by atoms with van der Waals surface area (Å²) >= 11 is 0. The van der Waals surface area contributed by atoms with E-state index >= 15 is 0 Å². The number of hydrogen-bond acceptors (Lipinski definition) is 6. The van der Waals surface area contributed by atoms with E-state index < -0.39 is 11.6 Å². The molecular weight excluding hydrogens is 499 g/mol. The highest BCUT2D eigenvalue weighted by Gasteiger charge is 2.34. The van der Waals surface area contributed by atoms with Crippen molar-refractivity contribution in [3.8, 4) is 11.5 Å². The molecule has 0 amide bonds. The van der Waals surface area contributed by atoms with Crippen molar-refractivity contribution in [2.24, 2.45) is 0 Å². The molecule has 2 aliphatic heterocycles. The highest BCUT2D eigenvalue weighted by molar-refractivity contribution is 5.39. The van der Waals surface area contributed by atoms with Crippen LogP contribution in [0.1, 0.15) is 91.3 Å². The fourth-order valence-corrected chi connectivity index (χ4v) is 4.31. The van der Waals surface area contributed by atoms with Gasteiger partial charge in [-0.25, -0.2) is 4.39 Å². The number of benzene rings is 2. The van der Waals surface area contributed by atoms with E-state index in [0.717, 1.165) is 11.3 Å². The van der Waals surface area contributed by atoms with Crippen LogP contribution in [-0.4, -0.2) is 50.2 Å². The van der Waals surface area contributed by atoms with Crippen molar-refractivity contribution in [2.45, 2.75) is 105 Å². The molecule has 0 aliphatic carbocycles. The third kappa shape index (κ3) is 10.4. The van der Waals surface area contributed by atoms with Crippen LogP contribution in [0.3, 0.4) is 0 Å². The summed E-state index contributed by atoms with van der Waals surface area (Å²) in [7, 11) is 0. The molecule has 0 aromatic heterocycles. The van der Waals surface area contributed by atoms with Crippen molar-refractivity contribution >= 4 is 0 Å². The summed E-state index contributed by atoms with van der Waals surface area (Å²) in [6, 6.07) is 11.1. The first-order valence-corrected chi connectivity index (χ1v) is 13.5. The Labute approximate surface area is 235 Å². The van der Waals surface area contributed by atoms with Gasteiger partial charge in [0.25, 0.3) is 0 Å². The van der Waals surface area contributed by atoms with Crippen LogP contribution in [0.2, 0.25) is 0 Å². The Morgan fingerprint density at radius 3 is 1.87 bits per heavy atom. The van der Waals surface area contributed by atoms with Crippen LogP contribution in [0, 0.1) is 12.7 Å². The monoisotopic (exact) mass is 548 g/mol. The van der Waals surface area contributed by atoms with Crippen LogP contribution in [-0.2, 0) is 18.9 Å². The van der Waals surface area contributed by atoms with Crippen molar-refractivity contribution in [1.82, 2.24) is 0 Å². The first kappa shape index (κ1) is 33.0. The Morgan fingerprint density at radius 1 is 0.821 bits per heavy atom. The molecule has 39 heavy (non-hydrogen) atoms. The maximum absolute atomic E-state index is 13.5. The zero-order valence-corrected chi connectivity index (χ0v) is 24.4. The van der Waals surface area contributed by atoms with Gasteiger partial charge in [0.15, 0.2) is 11.6 Å². The summed E-state index contributed by atoms with van der Waals surface area (Å²) in [6.07, 6.45) is -0.0999. The molecule has 2 atom stereocenters. The minimum absolute atomic E-state index is 0. The summed E-state index contributed by atoms with van der Waals surface area (Å²) in [5.41, 5.74) is 3.44. The number of hydrogen-bond donors (Lipinski definition) is 0. The van der Waals surface area contributed by atoms with Crippen molar-refractivity contribution < 1.29 is 32.8 Å². The standard InChI is InChI=1S/C16H24O3.C15H21FO3.CH4/c1-11(2)14-8-12(3)6-7-15(14)17-9-13-10-18-16(4,5)19-13;1-10(2)11-5-12(16)7-13(6-11)17-8-14-9-18-15(3,4)19-14;/h6-8,11,13H,9-10H2,1-5H3;5-7,10,14H,8-9H2,1-4H3;1H4. The third-order valence-corrected chi connectivity index (χ3v) is 6.34. The number of rotatable bonds is 8. The minimum Gasteiger partial charge on any atom is -0.491 e. The average molecular weight is 549 g/mol. The minimum atomic E-state index is -0.556. The van der Waals surface area contributed by atoms with Crippen molar-refractivity contribution in [3.63, 3.8) is 0 Å². The Kier molecular flexibility index (Phi) is 11.8. The summed E-state index contributed by atoms with van der Waals surface area (Å²) in [4.78, 5) is 0. The van der Waals surface area contributed by atoms with Gasteiger partial charge in [-0.05, 0) is 75.8 Å². The molecule has 0 N–H and O–H groups in total. The van der Waals surface area contributed by atoms with Gasteiger partial charge in [0.1, 0.15) is 42.7 Å². The molecule has 4 rings (SSSR count). The summed E-state index contributed by atoms with van der Waals surface area (Å²) in [5, 5.41) is 0. The molecule has 6 nitrogen and oxygen atoms in total. The Morgan fingerprint density at radius 2 is 1.38 bits per heavy atom. The van der Waals surface area contributed by atoms with Gasteiger partial charge < -0.3 is 28.4 Å². The van der Waals surface area contributed by atoms with E-state index in [9.17, 15) is 4.39 Å². The second-order valence-electron chi connectivity index (χ2n) is 11.6.